The van der Waals surface area contributed by atoms with Crippen molar-refractivity contribution in [1.82, 2.24) is 5.32 Å². The molecule has 0 aliphatic carbocycles. The van der Waals surface area contributed by atoms with Gasteiger partial charge < -0.3 is 10.4 Å². The van der Waals surface area contributed by atoms with Crippen LogP contribution in [0.25, 0.3) is 0 Å². The molecule has 0 radical (unpaired) electrons. The molecule has 0 unspecified atom stereocenters. The molecule has 19 heavy (non-hydrogen) atoms. The summed E-state index contributed by atoms with van der Waals surface area (Å²) in [4.78, 5) is 11.1. The summed E-state index contributed by atoms with van der Waals surface area (Å²) in [5.74, 6) is 0.582. The minimum atomic E-state index is -0.781. The summed E-state index contributed by atoms with van der Waals surface area (Å²) >= 11 is 1.58. The minimum Gasteiger partial charge on any atom is -0.480 e. The van der Waals surface area contributed by atoms with Gasteiger partial charge in [-0.1, -0.05) is 36.4 Å². The quantitative estimate of drug-likeness (QED) is 0.510. The zero-order chi connectivity index (χ0) is 13.9. The van der Waals surface area contributed by atoms with Gasteiger partial charge in [-0.25, -0.2) is 0 Å². The molecule has 0 fully saturated rings. The van der Waals surface area contributed by atoms with Crippen LogP contribution < -0.4 is 5.32 Å². The molecule has 0 heterocycles. The van der Waals surface area contributed by atoms with Gasteiger partial charge in [0.05, 0.1) is 0 Å². The molecule has 104 valence electrons. The predicted molar refractivity (Wildman–Crippen MR) is 81.7 cm³/mol. The number of carboxylic acid groups (broad SMARTS) is 1. The van der Waals surface area contributed by atoms with Crippen LogP contribution in [0, 0.1) is 0 Å². The van der Waals surface area contributed by atoms with E-state index in [0.29, 0.717) is 5.75 Å². The van der Waals surface area contributed by atoms with Crippen molar-refractivity contribution in [2.45, 2.75) is 18.9 Å². The molecule has 0 aromatic heterocycles. The summed E-state index contributed by atoms with van der Waals surface area (Å²) in [6, 6.07) is 9.76. The molecule has 0 saturated carbocycles. The molecule has 0 amide bonds. The summed E-state index contributed by atoms with van der Waals surface area (Å²) in [5, 5.41) is 12.2. The van der Waals surface area contributed by atoms with Crippen LogP contribution >= 0.6 is 11.8 Å². The van der Waals surface area contributed by atoms with Crippen molar-refractivity contribution in [1.29, 1.82) is 0 Å². The van der Waals surface area contributed by atoms with E-state index in [-0.39, 0.29) is 0 Å². The zero-order valence-electron chi connectivity index (χ0n) is 11.0. The molecule has 0 aliphatic rings. The van der Waals surface area contributed by atoms with E-state index in [0.717, 1.165) is 25.1 Å². The first kappa shape index (κ1) is 15.8. The molecule has 3 nitrogen and oxygen atoms in total. The second-order valence-electron chi connectivity index (χ2n) is 4.26. The monoisotopic (exact) mass is 279 g/mol. The Bertz CT molecular complexity index is 381. The van der Waals surface area contributed by atoms with Crippen LogP contribution in [-0.2, 0) is 11.2 Å². The van der Waals surface area contributed by atoms with Gasteiger partial charge in [-0.2, -0.15) is 11.8 Å². The lowest BCUT2D eigenvalue weighted by atomic mass is 10.1. The lowest BCUT2D eigenvalue weighted by Gasteiger charge is -2.13. The van der Waals surface area contributed by atoms with Crippen LogP contribution in [0.5, 0.6) is 0 Å². The minimum absolute atomic E-state index is 0.472. The number of benzene rings is 1. The molecule has 0 bridgehead atoms. The Hall–Kier alpha value is -1.26. The first-order valence-corrected chi connectivity index (χ1v) is 7.58. The van der Waals surface area contributed by atoms with Gasteiger partial charge in [0.15, 0.2) is 0 Å². The maximum Gasteiger partial charge on any atom is 0.321 e. The fourth-order valence-corrected chi connectivity index (χ4v) is 2.50. The summed E-state index contributed by atoms with van der Waals surface area (Å²) in [5.41, 5.74) is 1.29. The fourth-order valence-electron chi connectivity index (χ4n) is 1.70. The van der Waals surface area contributed by atoms with Gasteiger partial charge in [0.2, 0.25) is 0 Å². The standard InChI is InChI=1S/C15H21NO2S/c1-2-11-19-12-14(15(17)18)16-10-6-9-13-7-4-3-5-8-13/h2-5,7-8,14,16H,1,6,9-12H2,(H,17,18)/t14-/m0/s1. The van der Waals surface area contributed by atoms with Gasteiger partial charge >= 0.3 is 5.97 Å². The maximum absolute atomic E-state index is 11.1. The second kappa shape index (κ2) is 9.64. The Morgan fingerprint density at radius 3 is 2.79 bits per heavy atom. The van der Waals surface area contributed by atoms with E-state index in [4.69, 9.17) is 5.11 Å². The largest absolute Gasteiger partial charge is 0.480 e. The number of rotatable bonds is 10. The average molecular weight is 279 g/mol. The van der Waals surface area contributed by atoms with E-state index in [9.17, 15) is 4.79 Å². The van der Waals surface area contributed by atoms with Crippen molar-refractivity contribution in [3.05, 3.63) is 48.6 Å². The third-order valence-electron chi connectivity index (χ3n) is 2.69. The SMILES string of the molecule is C=CCSC[C@H](NCCCc1ccccc1)C(=O)O. The molecule has 0 saturated heterocycles. The molecule has 2 N–H and O–H groups in total. The maximum atomic E-state index is 11.1. The molecule has 0 aliphatic heterocycles. The fraction of sp³-hybridized carbons (Fsp3) is 0.400. The summed E-state index contributed by atoms with van der Waals surface area (Å²) < 4.78 is 0. The van der Waals surface area contributed by atoms with E-state index < -0.39 is 12.0 Å². The number of aryl methyl sites for hydroxylation is 1. The van der Waals surface area contributed by atoms with E-state index in [1.807, 2.05) is 18.2 Å². The highest BCUT2D eigenvalue weighted by atomic mass is 32.2. The number of thioether (sulfide) groups is 1. The topological polar surface area (TPSA) is 49.3 Å². The van der Waals surface area contributed by atoms with E-state index in [2.05, 4.69) is 24.0 Å². The molecule has 1 aromatic carbocycles. The lowest BCUT2D eigenvalue weighted by Crippen LogP contribution is -2.39. The molecule has 0 spiro atoms. The third-order valence-corrected chi connectivity index (χ3v) is 3.73. The van der Waals surface area contributed by atoms with Crippen molar-refractivity contribution in [3.8, 4) is 0 Å². The van der Waals surface area contributed by atoms with Gasteiger partial charge in [-0.3, -0.25) is 4.79 Å². The van der Waals surface area contributed by atoms with Crippen molar-refractivity contribution < 1.29 is 9.90 Å². The number of aliphatic carboxylic acids is 1. The highest BCUT2D eigenvalue weighted by Gasteiger charge is 2.15. The molecular formula is C15H21NO2S. The van der Waals surface area contributed by atoms with Crippen LogP contribution in [0.2, 0.25) is 0 Å². The van der Waals surface area contributed by atoms with Crippen LogP contribution in [0.4, 0.5) is 0 Å². The number of hydrogen-bond donors (Lipinski definition) is 2. The normalized spacial score (nSPS) is 12.0. The summed E-state index contributed by atoms with van der Waals surface area (Å²) in [7, 11) is 0. The number of carbonyl (C=O) groups is 1. The van der Waals surface area contributed by atoms with Crippen LogP contribution in [0.15, 0.2) is 43.0 Å². The van der Waals surface area contributed by atoms with Crippen molar-refractivity contribution in [2.24, 2.45) is 0 Å². The zero-order valence-corrected chi connectivity index (χ0v) is 11.9. The Labute approximate surface area is 119 Å². The molecule has 1 rings (SSSR count). The summed E-state index contributed by atoms with van der Waals surface area (Å²) in [6.07, 6.45) is 3.71. The molecule has 1 atom stereocenters. The lowest BCUT2D eigenvalue weighted by molar-refractivity contribution is -0.138. The highest BCUT2D eigenvalue weighted by molar-refractivity contribution is 7.99. The predicted octanol–water partition coefficient (Wildman–Crippen LogP) is 2.58. The first-order valence-electron chi connectivity index (χ1n) is 6.42. The second-order valence-corrected chi connectivity index (χ2v) is 5.34. The Morgan fingerprint density at radius 1 is 1.42 bits per heavy atom. The van der Waals surface area contributed by atoms with Gasteiger partial charge in [0, 0.05) is 11.5 Å². The van der Waals surface area contributed by atoms with E-state index in [1.165, 1.54) is 5.56 Å². The molecular weight excluding hydrogens is 258 g/mol. The first-order chi connectivity index (χ1) is 9.24. The highest BCUT2D eigenvalue weighted by Crippen LogP contribution is 2.05. The van der Waals surface area contributed by atoms with Gasteiger partial charge in [0.25, 0.3) is 0 Å². The number of nitrogens with one attached hydrogen (secondary N) is 1. The van der Waals surface area contributed by atoms with Crippen molar-refractivity contribution >= 4 is 17.7 Å². The van der Waals surface area contributed by atoms with Crippen LogP contribution in [-0.4, -0.2) is 35.2 Å². The Balaban J connectivity index is 2.21. The average Bonchev–Trinajstić information content (AvgIpc) is 2.42. The van der Waals surface area contributed by atoms with Gasteiger partial charge in [-0.05, 0) is 24.9 Å². The molecule has 1 aromatic rings. The van der Waals surface area contributed by atoms with Gasteiger partial charge in [0.1, 0.15) is 6.04 Å². The van der Waals surface area contributed by atoms with Crippen LogP contribution in [0.1, 0.15) is 12.0 Å². The number of hydrogen-bond acceptors (Lipinski definition) is 3. The smallest absolute Gasteiger partial charge is 0.321 e. The van der Waals surface area contributed by atoms with E-state index in [1.54, 1.807) is 17.8 Å². The summed E-state index contributed by atoms with van der Waals surface area (Å²) in [6.45, 7) is 4.35. The van der Waals surface area contributed by atoms with Gasteiger partial charge in [-0.15, -0.1) is 6.58 Å². The Morgan fingerprint density at radius 2 is 2.16 bits per heavy atom. The number of carboxylic acids is 1. The Kier molecular flexibility index (Phi) is 8.02. The van der Waals surface area contributed by atoms with Crippen LogP contribution in [0.3, 0.4) is 0 Å². The van der Waals surface area contributed by atoms with Crippen molar-refractivity contribution in [2.75, 3.05) is 18.1 Å². The molecule has 4 heteroatoms. The van der Waals surface area contributed by atoms with Crippen molar-refractivity contribution in [3.63, 3.8) is 0 Å². The third kappa shape index (κ3) is 7.03. The van der Waals surface area contributed by atoms with E-state index >= 15 is 0 Å².